The predicted octanol–water partition coefficient (Wildman–Crippen LogP) is 1.34. The second-order valence-electron chi connectivity index (χ2n) is 5.46. The van der Waals surface area contributed by atoms with Gasteiger partial charge in [-0.15, -0.1) is 12.4 Å². The normalized spacial score (nSPS) is 32.4. The Morgan fingerprint density at radius 3 is 2.94 bits per heavy atom. The maximum absolute atomic E-state index is 11.9. The molecule has 0 aromatic carbocycles. The van der Waals surface area contributed by atoms with E-state index in [0.717, 1.165) is 19.0 Å². The molecule has 3 atom stereocenters. The van der Waals surface area contributed by atoms with E-state index in [2.05, 4.69) is 17.6 Å². The standard InChI is InChI=1S/C13H24N2O2.ClH/c1-10-3-2-4-11(7-10)8-15-13(16)12-9-17-6-5-14-12;/h10-12,14H,2-9H2,1H3,(H,15,16);1H. The van der Waals surface area contributed by atoms with E-state index < -0.39 is 0 Å². The first-order chi connectivity index (χ1) is 8.25. The van der Waals surface area contributed by atoms with Crippen LogP contribution in [-0.2, 0) is 9.53 Å². The van der Waals surface area contributed by atoms with Crippen molar-refractivity contribution in [2.24, 2.45) is 11.8 Å². The molecule has 0 bridgehead atoms. The van der Waals surface area contributed by atoms with Crippen LogP contribution in [0.25, 0.3) is 0 Å². The van der Waals surface area contributed by atoms with Gasteiger partial charge in [-0.2, -0.15) is 0 Å². The fourth-order valence-electron chi connectivity index (χ4n) is 2.85. The Morgan fingerprint density at radius 1 is 1.44 bits per heavy atom. The molecule has 2 aliphatic rings. The number of amides is 1. The van der Waals surface area contributed by atoms with Gasteiger partial charge in [0.05, 0.1) is 13.2 Å². The number of hydrogen-bond donors (Lipinski definition) is 2. The maximum atomic E-state index is 11.9. The minimum absolute atomic E-state index is 0. The van der Waals surface area contributed by atoms with E-state index in [1.165, 1.54) is 25.7 Å². The van der Waals surface area contributed by atoms with Crippen molar-refractivity contribution >= 4 is 18.3 Å². The molecule has 1 saturated heterocycles. The highest BCUT2D eigenvalue weighted by Crippen LogP contribution is 2.27. The number of rotatable bonds is 3. The van der Waals surface area contributed by atoms with Crippen molar-refractivity contribution in [2.45, 2.75) is 38.6 Å². The molecule has 2 N–H and O–H groups in total. The second kappa shape index (κ2) is 7.97. The molecule has 1 aliphatic heterocycles. The van der Waals surface area contributed by atoms with Crippen LogP contribution in [0.15, 0.2) is 0 Å². The van der Waals surface area contributed by atoms with Crippen LogP contribution in [0.5, 0.6) is 0 Å². The Balaban J connectivity index is 0.00000162. The molecule has 3 unspecified atom stereocenters. The topological polar surface area (TPSA) is 50.4 Å². The van der Waals surface area contributed by atoms with E-state index in [-0.39, 0.29) is 24.4 Å². The first-order valence-corrected chi connectivity index (χ1v) is 6.84. The zero-order chi connectivity index (χ0) is 12.1. The third-order valence-corrected chi connectivity index (χ3v) is 3.85. The smallest absolute Gasteiger partial charge is 0.239 e. The van der Waals surface area contributed by atoms with E-state index in [0.29, 0.717) is 19.1 Å². The second-order valence-corrected chi connectivity index (χ2v) is 5.46. The Labute approximate surface area is 116 Å². The molecule has 0 aromatic heterocycles. The summed E-state index contributed by atoms with van der Waals surface area (Å²) in [6.07, 6.45) is 5.18. The van der Waals surface area contributed by atoms with E-state index in [1.807, 2.05) is 0 Å². The summed E-state index contributed by atoms with van der Waals surface area (Å²) in [6.45, 7) is 5.14. The van der Waals surface area contributed by atoms with Crippen LogP contribution in [0.1, 0.15) is 32.6 Å². The molecule has 0 radical (unpaired) electrons. The lowest BCUT2D eigenvalue weighted by molar-refractivity contribution is -0.126. The number of carbonyl (C=O) groups is 1. The van der Waals surface area contributed by atoms with Crippen molar-refractivity contribution < 1.29 is 9.53 Å². The summed E-state index contributed by atoms with van der Waals surface area (Å²) in [5.41, 5.74) is 0. The van der Waals surface area contributed by atoms with E-state index in [9.17, 15) is 4.79 Å². The zero-order valence-corrected chi connectivity index (χ0v) is 11.9. The van der Waals surface area contributed by atoms with Crippen LogP contribution in [0.2, 0.25) is 0 Å². The Hall–Kier alpha value is -0.320. The maximum Gasteiger partial charge on any atom is 0.239 e. The van der Waals surface area contributed by atoms with Crippen LogP contribution < -0.4 is 10.6 Å². The van der Waals surface area contributed by atoms with Crippen molar-refractivity contribution in [3.63, 3.8) is 0 Å². The molecule has 1 saturated carbocycles. The number of halogens is 1. The Kier molecular flexibility index (Phi) is 6.97. The van der Waals surface area contributed by atoms with E-state index >= 15 is 0 Å². The van der Waals surface area contributed by atoms with Gasteiger partial charge in [0.15, 0.2) is 0 Å². The molecule has 106 valence electrons. The summed E-state index contributed by atoms with van der Waals surface area (Å²) < 4.78 is 5.29. The van der Waals surface area contributed by atoms with Gasteiger partial charge in [-0.1, -0.05) is 19.8 Å². The van der Waals surface area contributed by atoms with Crippen molar-refractivity contribution in [2.75, 3.05) is 26.3 Å². The molecular weight excluding hydrogens is 252 g/mol. The summed E-state index contributed by atoms with van der Waals surface area (Å²) >= 11 is 0. The largest absolute Gasteiger partial charge is 0.378 e. The number of ether oxygens (including phenoxy) is 1. The van der Waals surface area contributed by atoms with Crippen molar-refractivity contribution in [3.05, 3.63) is 0 Å². The number of morpholine rings is 1. The molecule has 1 amide bonds. The third-order valence-electron chi connectivity index (χ3n) is 3.85. The average Bonchev–Trinajstić information content (AvgIpc) is 2.37. The fourth-order valence-corrected chi connectivity index (χ4v) is 2.85. The number of nitrogens with one attached hydrogen (secondary N) is 2. The molecule has 18 heavy (non-hydrogen) atoms. The minimum Gasteiger partial charge on any atom is -0.378 e. The third kappa shape index (κ3) is 4.75. The zero-order valence-electron chi connectivity index (χ0n) is 11.1. The highest BCUT2D eigenvalue weighted by atomic mass is 35.5. The van der Waals surface area contributed by atoms with Gasteiger partial charge in [0.25, 0.3) is 0 Å². The lowest BCUT2D eigenvalue weighted by atomic mass is 9.82. The van der Waals surface area contributed by atoms with Crippen LogP contribution in [0.4, 0.5) is 0 Å². The van der Waals surface area contributed by atoms with Gasteiger partial charge in [0.1, 0.15) is 6.04 Å². The predicted molar refractivity (Wildman–Crippen MR) is 74.0 cm³/mol. The quantitative estimate of drug-likeness (QED) is 0.818. The van der Waals surface area contributed by atoms with Gasteiger partial charge in [0, 0.05) is 13.1 Å². The van der Waals surface area contributed by atoms with Crippen molar-refractivity contribution in [1.29, 1.82) is 0 Å². The summed E-state index contributed by atoms with van der Waals surface area (Å²) in [4.78, 5) is 11.9. The van der Waals surface area contributed by atoms with E-state index in [4.69, 9.17) is 4.74 Å². The highest BCUT2D eigenvalue weighted by Gasteiger charge is 2.23. The van der Waals surface area contributed by atoms with E-state index in [1.54, 1.807) is 0 Å². The molecule has 2 rings (SSSR count). The van der Waals surface area contributed by atoms with Gasteiger partial charge < -0.3 is 15.4 Å². The first kappa shape index (κ1) is 15.7. The SMILES string of the molecule is CC1CCCC(CNC(=O)C2COCCN2)C1.Cl. The lowest BCUT2D eigenvalue weighted by Gasteiger charge is -2.28. The first-order valence-electron chi connectivity index (χ1n) is 6.84. The van der Waals surface area contributed by atoms with Crippen molar-refractivity contribution in [1.82, 2.24) is 10.6 Å². The summed E-state index contributed by atoms with van der Waals surface area (Å²) in [7, 11) is 0. The van der Waals surface area contributed by atoms with Gasteiger partial charge >= 0.3 is 0 Å². The minimum atomic E-state index is -0.148. The van der Waals surface area contributed by atoms with Crippen LogP contribution >= 0.6 is 12.4 Å². The molecule has 2 fully saturated rings. The Bertz CT molecular complexity index is 257. The van der Waals surface area contributed by atoms with Gasteiger partial charge in [-0.05, 0) is 24.7 Å². The lowest BCUT2D eigenvalue weighted by Crippen LogP contribution is -2.52. The van der Waals surface area contributed by atoms with Crippen LogP contribution in [-0.4, -0.2) is 38.3 Å². The summed E-state index contributed by atoms with van der Waals surface area (Å²) in [5.74, 6) is 1.59. The van der Waals surface area contributed by atoms with Crippen LogP contribution in [0, 0.1) is 11.8 Å². The molecule has 5 heteroatoms. The monoisotopic (exact) mass is 276 g/mol. The molecule has 1 heterocycles. The molecule has 1 aliphatic carbocycles. The fraction of sp³-hybridized carbons (Fsp3) is 0.923. The van der Waals surface area contributed by atoms with Gasteiger partial charge in [-0.3, -0.25) is 4.79 Å². The average molecular weight is 277 g/mol. The number of hydrogen-bond acceptors (Lipinski definition) is 3. The highest BCUT2D eigenvalue weighted by molar-refractivity contribution is 5.85. The van der Waals surface area contributed by atoms with Gasteiger partial charge in [-0.25, -0.2) is 0 Å². The number of carbonyl (C=O) groups excluding carboxylic acids is 1. The molecule has 0 spiro atoms. The van der Waals surface area contributed by atoms with Gasteiger partial charge in [0.2, 0.25) is 5.91 Å². The molecule has 0 aromatic rings. The van der Waals surface area contributed by atoms with Crippen LogP contribution in [0.3, 0.4) is 0 Å². The molecular formula is C13H25ClN2O2. The Morgan fingerprint density at radius 2 is 2.28 bits per heavy atom. The molecule has 4 nitrogen and oxygen atoms in total. The summed E-state index contributed by atoms with van der Waals surface area (Å²) in [6, 6.07) is -0.148. The summed E-state index contributed by atoms with van der Waals surface area (Å²) in [5, 5.41) is 6.24. The van der Waals surface area contributed by atoms with Crippen molar-refractivity contribution in [3.8, 4) is 0 Å².